The minimum atomic E-state index is 0.548. The van der Waals surface area contributed by atoms with E-state index < -0.39 is 0 Å². The van der Waals surface area contributed by atoms with Crippen LogP contribution >= 0.6 is 0 Å². The Morgan fingerprint density at radius 2 is 2.19 bits per heavy atom. The summed E-state index contributed by atoms with van der Waals surface area (Å²) in [6.07, 6.45) is 5.03. The number of rotatable bonds is 3. The number of nitrogens with zero attached hydrogens (tertiary/aromatic N) is 2. The number of aromatic nitrogens is 1. The van der Waals surface area contributed by atoms with E-state index in [2.05, 4.69) is 60.2 Å². The third-order valence-corrected chi connectivity index (χ3v) is 4.66. The third-order valence-electron chi connectivity index (χ3n) is 4.66. The lowest BCUT2D eigenvalue weighted by Crippen LogP contribution is -2.58. The second-order valence-corrected chi connectivity index (χ2v) is 6.35. The number of hydrogen-bond acceptors (Lipinski definition) is 3. The molecule has 0 bridgehead atoms. The fourth-order valence-corrected chi connectivity index (χ4v) is 3.34. The van der Waals surface area contributed by atoms with Gasteiger partial charge in [-0.3, -0.25) is 4.98 Å². The van der Waals surface area contributed by atoms with Crippen molar-refractivity contribution in [1.82, 2.24) is 10.3 Å². The molecule has 1 saturated heterocycles. The van der Waals surface area contributed by atoms with Gasteiger partial charge in [0.2, 0.25) is 0 Å². The predicted molar refractivity (Wildman–Crippen MR) is 89.8 cm³/mol. The van der Waals surface area contributed by atoms with Crippen LogP contribution in [0.25, 0.3) is 10.8 Å². The van der Waals surface area contributed by atoms with Crippen LogP contribution in [-0.4, -0.2) is 30.2 Å². The summed E-state index contributed by atoms with van der Waals surface area (Å²) < 4.78 is 0. The van der Waals surface area contributed by atoms with Crippen LogP contribution in [0.15, 0.2) is 36.7 Å². The summed E-state index contributed by atoms with van der Waals surface area (Å²) in [4.78, 5) is 6.86. The second-order valence-electron chi connectivity index (χ2n) is 6.35. The molecule has 1 aliphatic rings. The lowest BCUT2D eigenvalue weighted by atomic mass is 9.96. The van der Waals surface area contributed by atoms with Gasteiger partial charge in [0.1, 0.15) is 0 Å². The Labute approximate surface area is 127 Å². The van der Waals surface area contributed by atoms with Gasteiger partial charge in [-0.05, 0) is 24.5 Å². The quantitative estimate of drug-likeness (QED) is 0.935. The summed E-state index contributed by atoms with van der Waals surface area (Å²) in [7, 11) is 0. The zero-order chi connectivity index (χ0) is 14.8. The van der Waals surface area contributed by atoms with Crippen molar-refractivity contribution in [2.75, 3.05) is 18.0 Å². The highest BCUT2D eigenvalue weighted by Crippen LogP contribution is 2.31. The summed E-state index contributed by atoms with van der Waals surface area (Å²) in [5.41, 5.74) is 1.36. The van der Waals surface area contributed by atoms with Crippen LogP contribution in [0.3, 0.4) is 0 Å². The van der Waals surface area contributed by atoms with E-state index in [1.54, 1.807) is 0 Å². The van der Waals surface area contributed by atoms with Gasteiger partial charge in [0, 0.05) is 54.0 Å². The van der Waals surface area contributed by atoms with Gasteiger partial charge in [0.15, 0.2) is 0 Å². The Balaban J connectivity index is 2.04. The first-order valence-corrected chi connectivity index (χ1v) is 8.03. The summed E-state index contributed by atoms with van der Waals surface area (Å²) >= 11 is 0. The molecule has 2 heterocycles. The van der Waals surface area contributed by atoms with Gasteiger partial charge >= 0.3 is 0 Å². The number of pyridine rings is 1. The molecular formula is C18H25N3. The van der Waals surface area contributed by atoms with Crippen molar-refractivity contribution in [2.45, 2.75) is 39.3 Å². The van der Waals surface area contributed by atoms with Crippen LogP contribution in [0.2, 0.25) is 0 Å². The number of nitrogens with one attached hydrogen (secondary N) is 1. The molecule has 0 saturated carbocycles. The Morgan fingerprint density at radius 1 is 1.33 bits per heavy atom. The molecule has 3 nitrogen and oxygen atoms in total. The average molecular weight is 283 g/mol. The average Bonchev–Trinajstić information content (AvgIpc) is 2.53. The maximum atomic E-state index is 4.25. The van der Waals surface area contributed by atoms with E-state index in [0.29, 0.717) is 18.0 Å². The van der Waals surface area contributed by atoms with Gasteiger partial charge in [0.25, 0.3) is 0 Å². The molecule has 3 heteroatoms. The Hall–Kier alpha value is -1.61. The van der Waals surface area contributed by atoms with Crippen molar-refractivity contribution >= 4 is 16.5 Å². The molecule has 1 N–H and O–H groups in total. The van der Waals surface area contributed by atoms with Crippen molar-refractivity contribution < 1.29 is 0 Å². The third kappa shape index (κ3) is 2.75. The highest BCUT2D eigenvalue weighted by atomic mass is 15.2. The largest absolute Gasteiger partial charge is 0.365 e. The molecule has 112 valence electrons. The minimum Gasteiger partial charge on any atom is -0.365 e. The van der Waals surface area contributed by atoms with Crippen LogP contribution < -0.4 is 10.2 Å². The fraction of sp³-hybridized carbons (Fsp3) is 0.500. The lowest BCUT2D eigenvalue weighted by Gasteiger charge is -2.44. The van der Waals surface area contributed by atoms with Crippen LogP contribution in [0.5, 0.6) is 0 Å². The summed E-state index contributed by atoms with van der Waals surface area (Å²) in [5, 5.41) is 6.23. The van der Waals surface area contributed by atoms with Crippen LogP contribution in [0.1, 0.15) is 27.2 Å². The first-order chi connectivity index (χ1) is 10.2. The molecule has 2 aromatic rings. The zero-order valence-corrected chi connectivity index (χ0v) is 13.2. The fourth-order valence-electron chi connectivity index (χ4n) is 3.34. The SMILES string of the molecule is CCC1CN(c2cccc3cnccc23)C(C(C)C)CN1. The Morgan fingerprint density at radius 3 is 2.95 bits per heavy atom. The first-order valence-electron chi connectivity index (χ1n) is 8.03. The van der Waals surface area contributed by atoms with Gasteiger partial charge in [-0.25, -0.2) is 0 Å². The molecule has 3 rings (SSSR count). The Kier molecular flexibility index (Phi) is 4.11. The van der Waals surface area contributed by atoms with Crippen LogP contribution in [-0.2, 0) is 0 Å². The van der Waals surface area contributed by atoms with E-state index in [9.17, 15) is 0 Å². The molecule has 1 fully saturated rings. The summed E-state index contributed by atoms with van der Waals surface area (Å²) in [5.74, 6) is 0.632. The van der Waals surface area contributed by atoms with E-state index in [0.717, 1.165) is 13.1 Å². The van der Waals surface area contributed by atoms with Gasteiger partial charge < -0.3 is 10.2 Å². The smallest absolute Gasteiger partial charge is 0.0450 e. The number of benzene rings is 1. The van der Waals surface area contributed by atoms with E-state index in [1.807, 2.05) is 12.4 Å². The number of anilines is 1. The molecule has 21 heavy (non-hydrogen) atoms. The van der Waals surface area contributed by atoms with Crippen molar-refractivity contribution in [3.8, 4) is 0 Å². The van der Waals surface area contributed by atoms with Gasteiger partial charge in [-0.1, -0.05) is 32.9 Å². The zero-order valence-electron chi connectivity index (χ0n) is 13.2. The van der Waals surface area contributed by atoms with Gasteiger partial charge in [-0.15, -0.1) is 0 Å². The van der Waals surface area contributed by atoms with E-state index in [1.165, 1.54) is 22.9 Å². The predicted octanol–water partition coefficient (Wildman–Crippen LogP) is 3.45. The molecule has 0 spiro atoms. The standard InChI is InChI=1S/C18H25N3/c1-4-15-12-21(18(11-20-15)13(2)3)17-7-5-6-14-10-19-9-8-16(14)17/h5-10,13,15,18,20H,4,11-12H2,1-3H3. The molecular weight excluding hydrogens is 258 g/mol. The topological polar surface area (TPSA) is 28.2 Å². The maximum Gasteiger partial charge on any atom is 0.0450 e. The van der Waals surface area contributed by atoms with Crippen molar-refractivity contribution in [3.63, 3.8) is 0 Å². The van der Waals surface area contributed by atoms with Crippen LogP contribution in [0.4, 0.5) is 5.69 Å². The molecule has 0 aliphatic carbocycles. The molecule has 0 amide bonds. The molecule has 1 aromatic carbocycles. The number of hydrogen-bond donors (Lipinski definition) is 1. The van der Waals surface area contributed by atoms with Gasteiger partial charge in [0.05, 0.1) is 0 Å². The monoisotopic (exact) mass is 283 g/mol. The highest BCUT2D eigenvalue weighted by Gasteiger charge is 2.29. The van der Waals surface area contributed by atoms with E-state index in [-0.39, 0.29) is 0 Å². The van der Waals surface area contributed by atoms with Crippen molar-refractivity contribution in [3.05, 3.63) is 36.7 Å². The molecule has 2 unspecified atom stereocenters. The van der Waals surface area contributed by atoms with Gasteiger partial charge in [-0.2, -0.15) is 0 Å². The lowest BCUT2D eigenvalue weighted by molar-refractivity contribution is 0.334. The van der Waals surface area contributed by atoms with E-state index >= 15 is 0 Å². The summed E-state index contributed by atoms with van der Waals surface area (Å²) in [6, 6.07) is 9.83. The highest BCUT2D eigenvalue weighted by molar-refractivity contribution is 5.93. The normalized spacial score (nSPS) is 23.0. The van der Waals surface area contributed by atoms with E-state index in [4.69, 9.17) is 0 Å². The molecule has 1 aromatic heterocycles. The summed E-state index contributed by atoms with van der Waals surface area (Å²) in [6.45, 7) is 9.05. The van der Waals surface area contributed by atoms with Crippen molar-refractivity contribution in [2.24, 2.45) is 5.92 Å². The minimum absolute atomic E-state index is 0.548. The number of fused-ring (bicyclic) bond motifs is 1. The maximum absolute atomic E-state index is 4.25. The molecule has 1 aliphatic heterocycles. The first kappa shape index (κ1) is 14.3. The number of piperazine rings is 1. The Bertz CT molecular complexity index is 603. The van der Waals surface area contributed by atoms with Crippen LogP contribution in [0, 0.1) is 5.92 Å². The second kappa shape index (κ2) is 6.02. The molecule has 2 atom stereocenters. The molecule has 0 radical (unpaired) electrons. The van der Waals surface area contributed by atoms with Crippen molar-refractivity contribution in [1.29, 1.82) is 0 Å².